The van der Waals surface area contributed by atoms with Crippen LogP contribution >= 0.6 is 0 Å². The maximum Gasteiger partial charge on any atom is 0.245 e. The Balaban J connectivity index is 2.62. The lowest BCUT2D eigenvalue weighted by molar-refractivity contribution is -0.135. The van der Waals surface area contributed by atoms with E-state index in [9.17, 15) is 9.59 Å². The van der Waals surface area contributed by atoms with Gasteiger partial charge in [-0.1, -0.05) is 32.9 Å². The third-order valence-electron chi connectivity index (χ3n) is 2.75. The van der Waals surface area contributed by atoms with Crippen molar-refractivity contribution in [3.63, 3.8) is 0 Å². The predicted molar refractivity (Wildman–Crippen MR) is 80.7 cm³/mol. The number of hydrogen-bond donors (Lipinski definition) is 1. The molecule has 0 radical (unpaired) electrons. The third-order valence-corrected chi connectivity index (χ3v) is 2.75. The SMILES string of the molecule is Cc1cc(NC(=O)CN(CC(C)C)C(=O)CC(C)C)no1. The molecule has 1 aromatic rings. The zero-order valence-electron chi connectivity index (χ0n) is 13.5. The average molecular weight is 295 g/mol. The molecule has 1 N–H and O–H groups in total. The van der Waals surface area contributed by atoms with Crippen LogP contribution in [0.1, 0.15) is 39.9 Å². The van der Waals surface area contributed by atoms with Gasteiger partial charge in [0.2, 0.25) is 11.8 Å². The van der Waals surface area contributed by atoms with Crippen LogP contribution in [0.25, 0.3) is 0 Å². The normalized spacial score (nSPS) is 11.0. The molecule has 0 saturated heterocycles. The molecule has 0 saturated carbocycles. The van der Waals surface area contributed by atoms with Crippen molar-refractivity contribution in [2.45, 2.75) is 41.0 Å². The highest BCUT2D eigenvalue weighted by molar-refractivity contribution is 5.93. The molecule has 0 aliphatic carbocycles. The van der Waals surface area contributed by atoms with E-state index in [2.05, 4.69) is 10.5 Å². The molecule has 1 heterocycles. The van der Waals surface area contributed by atoms with Gasteiger partial charge in [0.05, 0.1) is 6.54 Å². The molecule has 0 bridgehead atoms. The minimum Gasteiger partial charge on any atom is -0.360 e. The fraction of sp³-hybridized carbons (Fsp3) is 0.667. The van der Waals surface area contributed by atoms with Gasteiger partial charge in [-0.25, -0.2) is 0 Å². The maximum absolute atomic E-state index is 12.2. The molecule has 0 fully saturated rings. The summed E-state index contributed by atoms with van der Waals surface area (Å²) in [6.07, 6.45) is 0.447. The van der Waals surface area contributed by atoms with Crippen LogP contribution in [0, 0.1) is 18.8 Å². The van der Waals surface area contributed by atoms with Gasteiger partial charge in [-0.2, -0.15) is 0 Å². The summed E-state index contributed by atoms with van der Waals surface area (Å²) in [6, 6.07) is 1.64. The smallest absolute Gasteiger partial charge is 0.245 e. The molecule has 0 unspecified atom stereocenters. The molecule has 1 aromatic heterocycles. The van der Waals surface area contributed by atoms with Crippen molar-refractivity contribution < 1.29 is 14.1 Å². The summed E-state index contributed by atoms with van der Waals surface area (Å²) in [5.41, 5.74) is 0. The Morgan fingerprint density at radius 2 is 1.95 bits per heavy atom. The van der Waals surface area contributed by atoms with E-state index in [1.54, 1.807) is 17.9 Å². The minimum atomic E-state index is -0.263. The van der Waals surface area contributed by atoms with E-state index < -0.39 is 0 Å². The third kappa shape index (κ3) is 6.42. The number of anilines is 1. The molecule has 2 amide bonds. The van der Waals surface area contributed by atoms with Crippen LogP contribution in [0.5, 0.6) is 0 Å². The number of aryl methyl sites for hydroxylation is 1. The molecule has 118 valence electrons. The lowest BCUT2D eigenvalue weighted by Gasteiger charge is -2.24. The van der Waals surface area contributed by atoms with Gasteiger partial charge in [0, 0.05) is 19.0 Å². The van der Waals surface area contributed by atoms with Gasteiger partial charge in [-0.15, -0.1) is 0 Å². The van der Waals surface area contributed by atoms with E-state index in [0.717, 1.165) is 0 Å². The summed E-state index contributed by atoms with van der Waals surface area (Å²) < 4.78 is 4.89. The summed E-state index contributed by atoms with van der Waals surface area (Å²) in [6.45, 7) is 10.4. The lowest BCUT2D eigenvalue weighted by Crippen LogP contribution is -2.40. The topological polar surface area (TPSA) is 75.4 Å². The van der Waals surface area contributed by atoms with Crippen molar-refractivity contribution in [1.82, 2.24) is 10.1 Å². The number of rotatable bonds is 7. The first kappa shape index (κ1) is 17.2. The monoisotopic (exact) mass is 295 g/mol. The summed E-state index contributed by atoms with van der Waals surface area (Å²) in [5.74, 6) is 1.32. The second kappa shape index (κ2) is 7.81. The number of nitrogens with one attached hydrogen (secondary N) is 1. The van der Waals surface area contributed by atoms with Gasteiger partial charge in [0.1, 0.15) is 5.76 Å². The highest BCUT2D eigenvalue weighted by Gasteiger charge is 2.19. The molecule has 0 aromatic carbocycles. The summed E-state index contributed by atoms with van der Waals surface area (Å²) >= 11 is 0. The zero-order valence-corrected chi connectivity index (χ0v) is 13.5. The Bertz CT molecular complexity index is 480. The summed E-state index contributed by atoms with van der Waals surface area (Å²) in [5, 5.41) is 6.34. The number of amides is 2. The van der Waals surface area contributed by atoms with Crippen molar-refractivity contribution in [2.75, 3.05) is 18.4 Å². The van der Waals surface area contributed by atoms with Crippen LogP contribution in [0.3, 0.4) is 0 Å². The first-order chi connectivity index (χ1) is 9.77. The molecule has 1 rings (SSSR count). The average Bonchev–Trinajstić information content (AvgIpc) is 2.72. The van der Waals surface area contributed by atoms with E-state index in [-0.39, 0.29) is 24.3 Å². The maximum atomic E-state index is 12.2. The van der Waals surface area contributed by atoms with Gasteiger partial charge >= 0.3 is 0 Å². The van der Waals surface area contributed by atoms with Crippen molar-refractivity contribution in [3.8, 4) is 0 Å². The minimum absolute atomic E-state index is 0.00480. The second-order valence-electron chi connectivity index (χ2n) is 6.14. The van der Waals surface area contributed by atoms with E-state index in [4.69, 9.17) is 4.52 Å². The van der Waals surface area contributed by atoms with E-state index in [1.807, 2.05) is 27.7 Å². The Morgan fingerprint density at radius 3 is 2.43 bits per heavy atom. The lowest BCUT2D eigenvalue weighted by atomic mass is 10.1. The van der Waals surface area contributed by atoms with Crippen LogP contribution in [-0.4, -0.2) is 35.0 Å². The molecular formula is C15H25N3O3. The predicted octanol–water partition coefficient (Wildman–Crippen LogP) is 2.45. The van der Waals surface area contributed by atoms with Crippen LogP contribution in [0.4, 0.5) is 5.82 Å². The molecule has 0 spiro atoms. The van der Waals surface area contributed by atoms with Crippen molar-refractivity contribution in [2.24, 2.45) is 11.8 Å². The van der Waals surface area contributed by atoms with Crippen LogP contribution in [-0.2, 0) is 9.59 Å². The standard InChI is InChI=1S/C15H25N3O3/c1-10(2)6-15(20)18(8-11(3)4)9-14(19)16-13-7-12(5)21-17-13/h7,10-11H,6,8-9H2,1-5H3,(H,16,17,19). The largest absolute Gasteiger partial charge is 0.360 e. The Hall–Kier alpha value is -1.85. The molecular weight excluding hydrogens is 270 g/mol. The molecule has 21 heavy (non-hydrogen) atoms. The highest BCUT2D eigenvalue weighted by atomic mass is 16.5. The zero-order chi connectivity index (χ0) is 16.0. The van der Waals surface area contributed by atoms with E-state index in [0.29, 0.717) is 30.5 Å². The molecule has 0 aliphatic rings. The Kier molecular flexibility index (Phi) is 6.39. The fourth-order valence-electron chi connectivity index (χ4n) is 1.95. The number of hydrogen-bond acceptors (Lipinski definition) is 4. The second-order valence-corrected chi connectivity index (χ2v) is 6.14. The Morgan fingerprint density at radius 1 is 1.29 bits per heavy atom. The first-order valence-electron chi connectivity index (χ1n) is 7.28. The van der Waals surface area contributed by atoms with Crippen LogP contribution in [0.2, 0.25) is 0 Å². The first-order valence-corrected chi connectivity index (χ1v) is 7.28. The van der Waals surface area contributed by atoms with Crippen LogP contribution in [0.15, 0.2) is 10.6 Å². The quantitative estimate of drug-likeness (QED) is 0.838. The number of nitrogens with zero attached hydrogens (tertiary/aromatic N) is 2. The van der Waals surface area contributed by atoms with Gasteiger partial charge < -0.3 is 14.7 Å². The van der Waals surface area contributed by atoms with Gasteiger partial charge in [-0.05, 0) is 18.8 Å². The molecule has 6 nitrogen and oxygen atoms in total. The summed E-state index contributed by atoms with van der Waals surface area (Å²) in [7, 11) is 0. The van der Waals surface area contributed by atoms with Gasteiger partial charge in [0.25, 0.3) is 0 Å². The number of carbonyl (C=O) groups is 2. The molecule has 0 atom stereocenters. The molecule has 6 heteroatoms. The number of carbonyl (C=O) groups excluding carboxylic acids is 2. The fourth-order valence-corrected chi connectivity index (χ4v) is 1.95. The van der Waals surface area contributed by atoms with E-state index >= 15 is 0 Å². The Labute approximate surface area is 125 Å². The van der Waals surface area contributed by atoms with Gasteiger partial charge in [0.15, 0.2) is 5.82 Å². The van der Waals surface area contributed by atoms with Crippen molar-refractivity contribution >= 4 is 17.6 Å². The highest BCUT2D eigenvalue weighted by Crippen LogP contribution is 2.09. The van der Waals surface area contributed by atoms with Crippen molar-refractivity contribution in [3.05, 3.63) is 11.8 Å². The number of aromatic nitrogens is 1. The van der Waals surface area contributed by atoms with Gasteiger partial charge in [-0.3, -0.25) is 9.59 Å². The molecule has 0 aliphatic heterocycles. The van der Waals surface area contributed by atoms with Crippen molar-refractivity contribution in [1.29, 1.82) is 0 Å². The van der Waals surface area contributed by atoms with Crippen LogP contribution < -0.4 is 5.32 Å². The van der Waals surface area contributed by atoms with E-state index in [1.165, 1.54) is 0 Å². The summed E-state index contributed by atoms with van der Waals surface area (Å²) in [4.78, 5) is 25.8.